The van der Waals surface area contributed by atoms with Crippen molar-refractivity contribution in [3.8, 4) is 0 Å². The molecule has 0 radical (unpaired) electrons. The number of nitrogens with zero attached hydrogens (tertiary/aromatic N) is 2. The molecule has 4 heteroatoms. The van der Waals surface area contributed by atoms with Crippen molar-refractivity contribution in [1.29, 1.82) is 0 Å². The lowest BCUT2D eigenvalue weighted by atomic mass is 10.0. The van der Waals surface area contributed by atoms with Gasteiger partial charge in [-0.2, -0.15) is 4.57 Å². The second-order valence-electron chi connectivity index (χ2n) is 6.83. The minimum atomic E-state index is 0. The zero-order valence-electron chi connectivity index (χ0n) is 15.6. The highest BCUT2D eigenvalue weighted by Crippen LogP contribution is 2.28. The average molecular weight is 476 g/mol. The lowest BCUT2D eigenvalue weighted by Crippen LogP contribution is -3.00. The Bertz CT molecular complexity index is 958. The third kappa shape index (κ3) is 3.54. The summed E-state index contributed by atoms with van der Waals surface area (Å²) in [6, 6.07) is 13.4. The van der Waals surface area contributed by atoms with E-state index in [4.69, 9.17) is 0 Å². The second kappa shape index (κ2) is 8.09. The minimum absolute atomic E-state index is 0. The summed E-state index contributed by atoms with van der Waals surface area (Å²) in [6.07, 6.45) is 6.98. The van der Waals surface area contributed by atoms with Crippen molar-refractivity contribution >= 4 is 33.3 Å². The van der Waals surface area contributed by atoms with Gasteiger partial charge in [-0.3, -0.25) is 0 Å². The van der Waals surface area contributed by atoms with Gasteiger partial charge in [-0.05, 0) is 62.4 Å². The highest BCUT2D eigenvalue weighted by atomic mass is 127. The summed E-state index contributed by atoms with van der Waals surface area (Å²) < 4.78 is 3.81. The maximum atomic E-state index is 2.43. The molecule has 26 heavy (non-hydrogen) atoms. The number of hydrogen-bond acceptors (Lipinski definition) is 2. The molecule has 0 atom stereocenters. The Kier molecular flexibility index (Phi) is 6.03. The summed E-state index contributed by atoms with van der Waals surface area (Å²) in [7, 11) is 0. The number of halogens is 1. The highest BCUT2D eigenvalue weighted by molar-refractivity contribution is 7.18. The number of hydrogen-bond donors (Lipinski definition) is 0. The summed E-state index contributed by atoms with van der Waals surface area (Å²) in [5, 5.41) is 1.32. The molecule has 1 aliphatic heterocycles. The van der Waals surface area contributed by atoms with Gasteiger partial charge in [0, 0.05) is 30.6 Å². The van der Waals surface area contributed by atoms with Crippen LogP contribution >= 0.6 is 11.3 Å². The van der Waals surface area contributed by atoms with E-state index in [1.165, 1.54) is 50.4 Å². The van der Waals surface area contributed by atoms with Gasteiger partial charge < -0.3 is 28.9 Å². The molecule has 136 valence electrons. The van der Waals surface area contributed by atoms with Gasteiger partial charge in [0.05, 0.1) is 0 Å². The van der Waals surface area contributed by atoms with Gasteiger partial charge in [-0.15, -0.1) is 0 Å². The van der Waals surface area contributed by atoms with Crippen LogP contribution in [0.15, 0.2) is 42.6 Å². The topological polar surface area (TPSA) is 7.12 Å². The maximum absolute atomic E-state index is 2.43. The van der Waals surface area contributed by atoms with Crippen molar-refractivity contribution in [3.63, 3.8) is 0 Å². The molecule has 2 heterocycles. The number of aryl methyl sites for hydroxylation is 4. The van der Waals surface area contributed by atoms with Crippen molar-refractivity contribution in [2.45, 2.75) is 40.2 Å². The molecule has 2 aromatic carbocycles. The van der Waals surface area contributed by atoms with Gasteiger partial charge in [0.1, 0.15) is 11.2 Å². The zero-order chi connectivity index (χ0) is 17.4. The fraction of sp³-hybridized carbons (Fsp3) is 0.318. The average Bonchev–Trinajstić information content (AvgIpc) is 2.96. The summed E-state index contributed by atoms with van der Waals surface area (Å²) in [5.74, 6) is 0. The van der Waals surface area contributed by atoms with Crippen molar-refractivity contribution in [2.75, 3.05) is 11.4 Å². The molecule has 0 aliphatic carbocycles. The fourth-order valence-corrected chi connectivity index (χ4v) is 4.88. The third-order valence-corrected chi connectivity index (χ3v) is 6.32. The van der Waals surface area contributed by atoms with Crippen LogP contribution in [0.25, 0.3) is 16.3 Å². The number of benzene rings is 2. The molecule has 4 rings (SSSR count). The zero-order valence-corrected chi connectivity index (χ0v) is 18.6. The molecule has 0 saturated heterocycles. The minimum Gasteiger partial charge on any atom is -1.00 e. The van der Waals surface area contributed by atoms with Gasteiger partial charge in [0.25, 0.3) is 5.01 Å². The van der Waals surface area contributed by atoms with Gasteiger partial charge in [0.2, 0.25) is 5.52 Å². The molecule has 3 aromatic rings. The fourth-order valence-electron chi connectivity index (χ4n) is 3.68. The molecule has 1 aliphatic rings. The first-order chi connectivity index (χ1) is 12.2. The van der Waals surface area contributed by atoms with E-state index in [1.54, 1.807) is 0 Å². The number of thiazole rings is 1. The van der Waals surface area contributed by atoms with E-state index >= 15 is 0 Å². The smallest absolute Gasteiger partial charge is 0.264 e. The van der Waals surface area contributed by atoms with Gasteiger partial charge in [-0.1, -0.05) is 29.5 Å². The molecule has 0 spiro atoms. The Labute approximate surface area is 177 Å². The first-order valence-electron chi connectivity index (χ1n) is 9.13. The van der Waals surface area contributed by atoms with Crippen molar-refractivity contribution in [2.24, 2.45) is 0 Å². The molecular formula is C22H25IN2S. The molecule has 0 bridgehead atoms. The number of para-hydroxylation sites is 1. The summed E-state index contributed by atoms with van der Waals surface area (Å²) in [4.78, 5) is 2.40. The van der Waals surface area contributed by atoms with E-state index < -0.39 is 0 Å². The van der Waals surface area contributed by atoms with Gasteiger partial charge >= 0.3 is 0 Å². The second-order valence-corrected chi connectivity index (χ2v) is 7.89. The monoisotopic (exact) mass is 476 g/mol. The Hall–Kier alpha value is -1.40. The van der Waals surface area contributed by atoms with Crippen LogP contribution in [0.2, 0.25) is 0 Å². The van der Waals surface area contributed by atoms with Gasteiger partial charge in [-0.25, -0.2) is 0 Å². The quantitative estimate of drug-likeness (QED) is 0.416. The lowest BCUT2D eigenvalue weighted by Gasteiger charge is -2.27. The predicted molar refractivity (Wildman–Crippen MR) is 108 cm³/mol. The van der Waals surface area contributed by atoms with Crippen LogP contribution < -0.4 is 33.4 Å². The van der Waals surface area contributed by atoms with E-state index in [0.29, 0.717) is 0 Å². The molecule has 0 saturated carbocycles. The maximum Gasteiger partial charge on any atom is 0.264 e. The van der Waals surface area contributed by atoms with Crippen LogP contribution in [-0.2, 0) is 13.0 Å². The highest BCUT2D eigenvalue weighted by Gasteiger charge is 2.19. The molecule has 0 amide bonds. The summed E-state index contributed by atoms with van der Waals surface area (Å²) >= 11 is 1.89. The molecule has 0 fully saturated rings. The number of fused-ring (bicyclic) bond motifs is 2. The summed E-state index contributed by atoms with van der Waals surface area (Å²) in [6.45, 7) is 8.73. The predicted octanol–water partition coefficient (Wildman–Crippen LogP) is 2.25. The van der Waals surface area contributed by atoms with E-state index in [1.807, 2.05) is 11.3 Å². The van der Waals surface area contributed by atoms with E-state index in [-0.39, 0.29) is 24.0 Å². The Morgan fingerprint density at radius 1 is 1.15 bits per heavy atom. The Morgan fingerprint density at radius 3 is 2.73 bits per heavy atom. The molecule has 0 N–H and O–H groups in total. The lowest BCUT2D eigenvalue weighted by molar-refractivity contribution is -0.665. The van der Waals surface area contributed by atoms with Crippen LogP contribution in [0.3, 0.4) is 0 Å². The number of anilines is 1. The van der Waals surface area contributed by atoms with E-state index in [9.17, 15) is 0 Å². The number of aromatic nitrogens is 1. The molecule has 0 unspecified atom stereocenters. The SMILES string of the molecule is CC[n+]1c(C=CN2CCCc3ccccc32)sc2cc(C)c(C)cc21.[I-]. The van der Waals surface area contributed by atoms with Crippen molar-refractivity contribution in [3.05, 3.63) is 64.3 Å². The Morgan fingerprint density at radius 2 is 1.92 bits per heavy atom. The summed E-state index contributed by atoms with van der Waals surface area (Å²) in [5.41, 5.74) is 6.92. The molecule has 1 aromatic heterocycles. The van der Waals surface area contributed by atoms with Crippen LogP contribution in [-0.4, -0.2) is 6.54 Å². The standard InChI is InChI=1S/C22H25N2S.HI/c1-4-24-20-14-16(2)17(3)15-21(20)25-22(24)11-13-23-12-7-9-18-8-5-6-10-19(18)23;/h5-6,8,10-11,13-15H,4,7,9,12H2,1-3H3;1H/q+1;/p-1. The molecular weight excluding hydrogens is 451 g/mol. The van der Waals surface area contributed by atoms with Crippen LogP contribution in [0.1, 0.15) is 35.0 Å². The van der Waals surface area contributed by atoms with Crippen LogP contribution in [0.5, 0.6) is 0 Å². The van der Waals surface area contributed by atoms with Crippen LogP contribution in [0, 0.1) is 13.8 Å². The normalized spacial score (nSPS) is 13.9. The first kappa shape index (κ1) is 19.4. The van der Waals surface area contributed by atoms with Gasteiger partial charge in [0.15, 0.2) is 0 Å². The first-order valence-corrected chi connectivity index (χ1v) is 9.95. The molecule has 2 nitrogen and oxygen atoms in total. The Balaban J connectivity index is 0.00000196. The van der Waals surface area contributed by atoms with Crippen molar-refractivity contribution in [1.82, 2.24) is 0 Å². The largest absolute Gasteiger partial charge is 1.00 e. The number of rotatable bonds is 3. The van der Waals surface area contributed by atoms with Crippen molar-refractivity contribution < 1.29 is 28.5 Å². The van der Waals surface area contributed by atoms with Crippen LogP contribution in [0.4, 0.5) is 5.69 Å². The van der Waals surface area contributed by atoms with E-state index in [2.05, 4.69) is 78.9 Å². The third-order valence-electron chi connectivity index (χ3n) is 5.21. The van der Waals surface area contributed by atoms with E-state index in [0.717, 1.165) is 13.1 Å².